The second-order valence-electron chi connectivity index (χ2n) is 9.66. The summed E-state index contributed by atoms with van der Waals surface area (Å²) in [6, 6.07) is 0. The fourth-order valence-electron chi connectivity index (χ4n) is 4.53. The van der Waals surface area contributed by atoms with Crippen LogP contribution in [0.5, 0.6) is 0 Å². The van der Waals surface area contributed by atoms with E-state index in [0.717, 1.165) is 26.1 Å². The maximum absolute atomic E-state index is 10.3. The van der Waals surface area contributed by atoms with Crippen molar-refractivity contribution in [3.05, 3.63) is 0 Å². The van der Waals surface area contributed by atoms with Gasteiger partial charge in [0.25, 0.3) is 0 Å². The molecule has 2 fully saturated rings. The molecule has 2 aliphatic rings. The number of ether oxygens (including phenoxy) is 1. The highest BCUT2D eigenvalue weighted by Gasteiger charge is 2.59. The van der Waals surface area contributed by atoms with Crippen LogP contribution in [0.3, 0.4) is 0 Å². The topological polar surface area (TPSA) is 32.7 Å². The van der Waals surface area contributed by atoms with Crippen molar-refractivity contribution in [3.8, 4) is 0 Å². The Labute approximate surface area is 137 Å². The van der Waals surface area contributed by atoms with Gasteiger partial charge in [0.2, 0.25) is 0 Å². The quantitative estimate of drug-likeness (QED) is 0.856. The minimum Gasteiger partial charge on any atom is -0.396 e. The van der Waals surface area contributed by atoms with Crippen molar-refractivity contribution >= 4 is 0 Å². The van der Waals surface area contributed by atoms with E-state index in [2.05, 4.69) is 46.4 Å². The minimum atomic E-state index is -0.0739. The first-order valence-corrected chi connectivity index (χ1v) is 9.04. The van der Waals surface area contributed by atoms with Crippen LogP contribution in [0, 0.1) is 10.8 Å². The summed E-state index contributed by atoms with van der Waals surface area (Å²) in [5, 5.41) is 10.3. The van der Waals surface area contributed by atoms with Gasteiger partial charge < -0.3 is 9.84 Å². The maximum atomic E-state index is 10.3. The summed E-state index contributed by atoms with van der Waals surface area (Å²) in [6.45, 7) is 16.6. The van der Waals surface area contributed by atoms with Crippen molar-refractivity contribution in [1.82, 2.24) is 4.90 Å². The fraction of sp³-hybridized carbons (Fsp3) is 1.00. The second-order valence-corrected chi connectivity index (χ2v) is 9.66. The monoisotopic (exact) mass is 311 g/mol. The van der Waals surface area contributed by atoms with Crippen LogP contribution in [0.25, 0.3) is 0 Å². The number of nitrogens with zero attached hydrogens (tertiary/aromatic N) is 1. The molecule has 2 atom stereocenters. The van der Waals surface area contributed by atoms with Gasteiger partial charge in [0.15, 0.2) is 0 Å². The Bertz CT molecular complexity index is 382. The molecule has 0 aromatic heterocycles. The zero-order valence-corrected chi connectivity index (χ0v) is 15.7. The minimum absolute atomic E-state index is 0.0739. The Kier molecular flexibility index (Phi) is 5.03. The van der Waals surface area contributed by atoms with Gasteiger partial charge in [0.1, 0.15) is 0 Å². The normalized spacial score (nSPS) is 34.0. The molecule has 1 heterocycles. The summed E-state index contributed by atoms with van der Waals surface area (Å²) in [4.78, 5) is 2.60. The van der Waals surface area contributed by atoms with Gasteiger partial charge in [-0.2, -0.15) is 0 Å². The molecular formula is C19H37NO2. The highest BCUT2D eigenvalue weighted by Crippen LogP contribution is 2.58. The van der Waals surface area contributed by atoms with Gasteiger partial charge in [-0.05, 0) is 66.2 Å². The van der Waals surface area contributed by atoms with E-state index < -0.39 is 0 Å². The van der Waals surface area contributed by atoms with E-state index in [1.807, 2.05) is 0 Å². The van der Waals surface area contributed by atoms with E-state index in [0.29, 0.717) is 6.61 Å². The number of hydrogen-bond donors (Lipinski definition) is 1. The van der Waals surface area contributed by atoms with Crippen molar-refractivity contribution < 1.29 is 9.84 Å². The van der Waals surface area contributed by atoms with Crippen molar-refractivity contribution in [2.75, 3.05) is 26.3 Å². The number of rotatable bonds is 4. The Morgan fingerprint density at radius 2 is 1.50 bits per heavy atom. The average molecular weight is 312 g/mol. The van der Waals surface area contributed by atoms with Crippen molar-refractivity contribution in [2.24, 2.45) is 10.8 Å². The molecule has 3 nitrogen and oxygen atoms in total. The third kappa shape index (κ3) is 3.52. The molecule has 2 rings (SSSR count). The highest BCUT2D eigenvalue weighted by molar-refractivity contribution is 5.10. The number of aliphatic hydroxyl groups is 1. The summed E-state index contributed by atoms with van der Waals surface area (Å²) < 4.78 is 6.05. The number of hydrogen-bond acceptors (Lipinski definition) is 3. The lowest BCUT2D eigenvalue weighted by Gasteiger charge is -2.48. The van der Waals surface area contributed by atoms with Crippen LogP contribution < -0.4 is 0 Å². The molecule has 2 unspecified atom stereocenters. The zero-order valence-electron chi connectivity index (χ0n) is 15.7. The number of aliphatic hydroxyl groups excluding tert-OH is 1. The molecule has 0 spiro atoms. The standard InChI is InChI=1S/C19H37NO2/c1-16(2,3)20-13-18(11-12-22-17(4,5)6)9-7-8-10-19(18,14-20)15-21/h21H,7-15H2,1-6H3. The lowest BCUT2D eigenvalue weighted by molar-refractivity contribution is -0.0637. The molecule has 1 N–H and O–H groups in total. The lowest BCUT2D eigenvalue weighted by Crippen LogP contribution is -2.47. The summed E-state index contributed by atoms with van der Waals surface area (Å²) in [6.07, 6.45) is 6.06. The van der Waals surface area contributed by atoms with E-state index in [-0.39, 0.29) is 22.0 Å². The van der Waals surface area contributed by atoms with Gasteiger partial charge >= 0.3 is 0 Å². The molecule has 1 saturated heterocycles. The summed E-state index contributed by atoms with van der Waals surface area (Å²) in [5.74, 6) is 0. The van der Waals surface area contributed by atoms with E-state index in [1.54, 1.807) is 0 Å². The second kappa shape index (κ2) is 6.07. The van der Waals surface area contributed by atoms with E-state index in [9.17, 15) is 5.11 Å². The summed E-state index contributed by atoms with van der Waals surface area (Å²) in [7, 11) is 0. The molecule has 1 aliphatic heterocycles. The van der Waals surface area contributed by atoms with E-state index >= 15 is 0 Å². The zero-order chi connectivity index (χ0) is 16.6. The molecule has 1 aliphatic carbocycles. The van der Waals surface area contributed by atoms with Crippen LogP contribution in [-0.2, 0) is 4.74 Å². The van der Waals surface area contributed by atoms with E-state index in [1.165, 1.54) is 25.7 Å². The van der Waals surface area contributed by atoms with Crippen LogP contribution in [0.15, 0.2) is 0 Å². The molecule has 0 amide bonds. The van der Waals surface area contributed by atoms with Crippen molar-refractivity contribution in [3.63, 3.8) is 0 Å². The molecule has 0 aromatic rings. The Morgan fingerprint density at radius 3 is 2.00 bits per heavy atom. The first kappa shape index (κ1) is 18.2. The van der Waals surface area contributed by atoms with Crippen LogP contribution in [0.4, 0.5) is 0 Å². The summed E-state index contributed by atoms with van der Waals surface area (Å²) in [5.41, 5.74) is 0.422. The van der Waals surface area contributed by atoms with Crippen LogP contribution in [0.1, 0.15) is 73.6 Å². The molecule has 22 heavy (non-hydrogen) atoms. The predicted octanol–water partition coefficient (Wildman–Crippen LogP) is 3.84. The largest absolute Gasteiger partial charge is 0.396 e. The van der Waals surface area contributed by atoms with Gasteiger partial charge in [-0.15, -0.1) is 0 Å². The maximum Gasteiger partial charge on any atom is 0.0598 e. The Morgan fingerprint density at radius 1 is 0.955 bits per heavy atom. The van der Waals surface area contributed by atoms with Gasteiger partial charge in [0, 0.05) is 30.7 Å². The first-order chi connectivity index (χ1) is 10.0. The third-order valence-corrected chi connectivity index (χ3v) is 6.04. The van der Waals surface area contributed by atoms with Gasteiger partial charge in [-0.1, -0.05) is 12.8 Å². The SMILES string of the molecule is CC(C)(C)OCCC12CCCCC1(CO)CN(C(C)(C)C)C2. The molecular weight excluding hydrogens is 274 g/mol. The Hall–Kier alpha value is -0.120. The lowest BCUT2D eigenvalue weighted by atomic mass is 9.57. The molecule has 0 bridgehead atoms. The van der Waals surface area contributed by atoms with E-state index in [4.69, 9.17) is 4.74 Å². The van der Waals surface area contributed by atoms with Crippen LogP contribution in [-0.4, -0.2) is 47.4 Å². The molecule has 1 saturated carbocycles. The average Bonchev–Trinajstić information content (AvgIpc) is 2.73. The van der Waals surface area contributed by atoms with Gasteiger partial charge in [-0.3, -0.25) is 4.90 Å². The van der Waals surface area contributed by atoms with Crippen LogP contribution in [0.2, 0.25) is 0 Å². The predicted molar refractivity (Wildman–Crippen MR) is 92.1 cm³/mol. The highest BCUT2D eigenvalue weighted by atomic mass is 16.5. The Balaban J connectivity index is 2.19. The van der Waals surface area contributed by atoms with Gasteiger partial charge in [0.05, 0.1) is 12.2 Å². The number of likely N-dealkylation sites (tertiary alicyclic amines) is 1. The van der Waals surface area contributed by atoms with Gasteiger partial charge in [-0.25, -0.2) is 0 Å². The molecule has 130 valence electrons. The molecule has 0 aromatic carbocycles. The smallest absolute Gasteiger partial charge is 0.0598 e. The summed E-state index contributed by atoms with van der Waals surface area (Å²) >= 11 is 0. The first-order valence-electron chi connectivity index (χ1n) is 9.04. The third-order valence-electron chi connectivity index (χ3n) is 6.04. The molecule has 0 radical (unpaired) electrons. The van der Waals surface area contributed by atoms with Crippen molar-refractivity contribution in [2.45, 2.75) is 84.8 Å². The molecule has 3 heteroatoms. The number of fused-ring (bicyclic) bond motifs is 1. The fourth-order valence-corrected chi connectivity index (χ4v) is 4.53. The van der Waals surface area contributed by atoms with Crippen molar-refractivity contribution in [1.29, 1.82) is 0 Å². The van der Waals surface area contributed by atoms with Crippen LogP contribution >= 0.6 is 0 Å².